The summed E-state index contributed by atoms with van der Waals surface area (Å²) < 4.78 is 1.64. The van der Waals surface area contributed by atoms with E-state index in [1.807, 2.05) is 19.1 Å². The van der Waals surface area contributed by atoms with Gasteiger partial charge in [0.05, 0.1) is 23.5 Å². The lowest BCUT2D eigenvalue weighted by Gasteiger charge is -2.17. The number of imidazole rings is 1. The van der Waals surface area contributed by atoms with Crippen molar-refractivity contribution in [2.75, 3.05) is 0 Å². The molecule has 0 aromatic carbocycles. The summed E-state index contributed by atoms with van der Waals surface area (Å²) in [4.78, 5) is 15.2. The van der Waals surface area contributed by atoms with E-state index in [-0.39, 0.29) is 11.8 Å². The summed E-state index contributed by atoms with van der Waals surface area (Å²) in [5.74, 6) is -0.872. The molecular formula is C13H17N3O2. The van der Waals surface area contributed by atoms with Crippen molar-refractivity contribution in [2.45, 2.75) is 39.5 Å². The van der Waals surface area contributed by atoms with E-state index in [9.17, 15) is 4.79 Å². The molecule has 0 saturated heterocycles. The zero-order chi connectivity index (χ0) is 13.5. The molecule has 2 rings (SSSR count). The molecule has 5 heteroatoms. The standard InChI is InChI=1S/C13H17N3O2/c1-8-9(7-12(17)18)16-11(14-8)6-5-10(15-16)13(2,3)4/h5-6H,7H2,1-4H3,(H,17,18). The number of aryl methyl sites for hydroxylation is 1. The van der Waals surface area contributed by atoms with Gasteiger partial charge in [0, 0.05) is 5.41 Å². The lowest BCUT2D eigenvalue weighted by Crippen LogP contribution is -2.16. The summed E-state index contributed by atoms with van der Waals surface area (Å²) in [5, 5.41) is 13.4. The Hall–Kier alpha value is -1.91. The summed E-state index contributed by atoms with van der Waals surface area (Å²) in [5.41, 5.74) is 2.89. The quantitative estimate of drug-likeness (QED) is 0.880. The van der Waals surface area contributed by atoms with Gasteiger partial charge in [-0.1, -0.05) is 20.8 Å². The molecule has 0 atom stereocenters. The van der Waals surface area contributed by atoms with Gasteiger partial charge >= 0.3 is 5.97 Å². The van der Waals surface area contributed by atoms with E-state index in [1.54, 1.807) is 4.52 Å². The fraction of sp³-hybridized carbons (Fsp3) is 0.462. The summed E-state index contributed by atoms with van der Waals surface area (Å²) >= 11 is 0. The molecule has 2 heterocycles. The molecule has 0 saturated carbocycles. The zero-order valence-electron chi connectivity index (χ0n) is 11.1. The molecule has 1 N–H and O–H groups in total. The van der Waals surface area contributed by atoms with E-state index < -0.39 is 5.97 Å². The number of rotatable bonds is 2. The normalized spacial score (nSPS) is 12.0. The molecule has 0 radical (unpaired) electrons. The minimum absolute atomic E-state index is 0.0619. The van der Waals surface area contributed by atoms with Gasteiger partial charge in [-0.2, -0.15) is 5.10 Å². The van der Waals surface area contributed by atoms with Crippen LogP contribution in [0.15, 0.2) is 12.1 Å². The van der Waals surface area contributed by atoms with Crippen molar-refractivity contribution in [2.24, 2.45) is 0 Å². The molecule has 0 amide bonds. The van der Waals surface area contributed by atoms with Crippen molar-refractivity contribution in [1.82, 2.24) is 14.6 Å². The predicted octanol–water partition coefficient (Wildman–Crippen LogP) is 1.96. The highest BCUT2D eigenvalue weighted by Crippen LogP contribution is 2.21. The smallest absolute Gasteiger partial charge is 0.309 e. The van der Waals surface area contributed by atoms with Gasteiger partial charge in [-0.25, -0.2) is 9.50 Å². The Labute approximate surface area is 105 Å². The van der Waals surface area contributed by atoms with E-state index in [4.69, 9.17) is 5.11 Å². The first kappa shape index (κ1) is 12.5. The van der Waals surface area contributed by atoms with Gasteiger partial charge < -0.3 is 5.11 Å². The SMILES string of the molecule is Cc1nc2ccc(C(C)(C)C)nn2c1CC(=O)O. The number of nitrogens with zero attached hydrogens (tertiary/aromatic N) is 3. The molecule has 0 aliphatic heterocycles. The molecule has 96 valence electrons. The van der Waals surface area contributed by atoms with E-state index >= 15 is 0 Å². The number of hydrogen-bond donors (Lipinski definition) is 1. The number of hydrogen-bond acceptors (Lipinski definition) is 3. The van der Waals surface area contributed by atoms with Gasteiger partial charge in [0.15, 0.2) is 5.65 Å². The van der Waals surface area contributed by atoms with E-state index in [1.165, 1.54) is 0 Å². The number of aromatic nitrogens is 3. The first-order valence-corrected chi connectivity index (χ1v) is 5.86. The Balaban J connectivity index is 2.63. The molecule has 2 aromatic rings. The topological polar surface area (TPSA) is 67.5 Å². The monoisotopic (exact) mass is 247 g/mol. The molecular weight excluding hydrogens is 230 g/mol. The number of carboxylic acid groups (broad SMARTS) is 1. The van der Waals surface area contributed by atoms with Gasteiger partial charge in [-0.05, 0) is 19.1 Å². The van der Waals surface area contributed by atoms with Gasteiger partial charge in [-0.15, -0.1) is 0 Å². The summed E-state index contributed by atoms with van der Waals surface area (Å²) in [6, 6.07) is 3.82. The van der Waals surface area contributed by atoms with Crippen molar-refractivity contribution in [1.29, 1.82) is 0 Å². The van der Waals surface area contributed by atoms with Crippen molar-refractivity contribution in [3.8, 4) is 0 Å². The van der Waals surface area contributed by atoms with E-state index in [2.05, 4.69) is 30.9 Å². The lowest BCUT2D eigenvalue weighted by atomic mass is 9.92. The highest BCUT2D eigenvalue weighted by Gasteiger charge is 2.19. The third kappa shape index (κ3) is 2.20. The summed E-state index contributed by atoms with van der Waals surface area (Å²) in [6.45, 7) is 8.02. The lowest BCUT2D eigenvalue weighted by molar-refractivity contribution is -0.136. The second-order valence-electron chi connectivity index (χ2n) is 5.45. The average molecular weight is 247 g/mol. The van der Waals surface area contributed by atoms with Gasteiger partial charge in [0.25, 0.3) is 0 Å². The number of carboxylic acids is 1. The van der Waals surface area contributed by atoms with Crippen LogP contribution in [0.5, 0.6) is 0 Å². The van der Waals surface area contributed by atoms with E-state index in [0.717, 1.165) is 11.4 Å². The maximum absolute atomic E-state index is 10.9. The Morgan fingerprint density at radius 1 is 1.39 bits per heavy atom. The maximum atomic E-state index is 10.9. The van der Waals surface area contributed by atoms with Crippen molar-refractivity contribution >= 4 is 11.6 Å². The number of fused-ring (bicyclic) bond motifs is 1. The number of carbonyl (C=O) groups is 1. The van der Waals surface area contributed by atoms with Gasteiger partial charge in [0.1, 0.15) is 0 Å². The molecule has 5 nitrogen and oxygen atoms in total. The molecule has 0 unspecified atom stereocenters. The van der Waals surface area contributed by atoms with Crippen LogP contribution in [-0.2, 0) is 16.6 Å². The van der Waals surface area contributed by atoms with Crippen LogP contribution in [0, 0.1) is 6.92 Å². The Bertz CT molecular complexity index is 608. The Kier molecular flexibility index (Phi) is 2.84. The molecule has 0 fully saturated rings. The molecule has 0 bridgehead atoms. The van der Waals surface area contributed by atoms with Crippen LogP contribution in [-0.4, -0.2) is 25.7 Å². The first-order valence-electron chi connectivity index (χ1n) is 5.86. The molecule has 0 aliphatic carbocycles. The maximum Gasteiger partial charge on any atom is 0.309 e. The Morgan fingerprint density at radius 2 is 2.06 bits per heavy atom. The third-order valence-electron chi connectivity index (χ3n) is 2.86. The molecule has 18 heavy (non-hydrogen) atoms. The highest BCUT2D eigenvalue weighted by molar-refractivity contribution is 5.70. The fourth-order valence-corrected chi connectivity index (χ4v) is 1.84. The van der Waals surface area contributed by atoms with Crippen LogP contribution in [0.2, 0.25) is 0 Å². The minimum Gasteiger partial charge on any atom is -0.481 e. The van der Waals surface area contributed by atoms with Crippen LogP contribution in [0.25, 0.3) is 5.65 Å². The number of aliphatic carboxylic acids is 1. The highest BCUT2D eigenvalue weighted by atomic mass is 16.4. The van der Waals surface area contributed by atoms with Crippen LogP contribution in [0.1, 0.15) is 37.9 Å². The molecule has 0 spiro atoms. The predicted molar refractivity (Wildman–Crippen MR) is 67.8 cm³/mol. The average Bonchev–Trinajstić information content (AvgIpc) is 2.53. The van der Waals surface area contributed by atoms with Gasteiger partial charge in [-0.3, -0.25) is 4.79 Å². The van der Waals surface area contributed by atoms with Crippen LogP contribution in [0.4, 0.5) is 0 Å². The molecule has 2 aromatic heterocycles. The van der Waals surface area contributed by atoms with Crippen LogP contribution in [0.3, 0.4) is 0 Å². The van der Waals surface area contributed by atoms with Crippen molar-refractivity contribution in [3.05, 3.63) is 29.2 Å². The van der Waals surface area contributed by atoms with Crippen molar-refractivity contribution < 1.29 is 9.90 Å². The first-order chi connectivity index (χ1) is 8.29. The fourth-order valence-electron chi connectivity index (χ4n) is 1.84. The van der Waals surface area contributed by atoms with Crippen molar-refractivity contribution in [3.63, 3.8) is 0 Å². The van der Waals surface area contributed by atoms with E-state index in [0.29, 0.717) is 11.3 Å². The van der Waals surface area contributed by atoms with Crippen LogP contribution >= 0.6 is 0 Å². The summed E-state index contributed by atoms with van der Waals surface area (Å²) in [7, 11) is 0. The van der Waals surface area contributed by atoms with Crippen LogP contribution < -0.4 is 0 Å². The van der Waals surface area contributed by atoms with Gasteiger partial charge in [0.2, 0.25) is 0 Å². The minimum atomic E-state index is -0.872. The zero-order valence-corrected chi connectivity index (χ0v) is 11.1. The largest absolute Gasteiger partial charge is 0.481 e. The second-order valence-corrected chi connectivity index (χ2v) is 5.45. The third-order valence-corrected chi connectivity index (χ3v) is 2.86. The molecule has 0 aliphatic rings. The Morgan fingerprint density at radius 3 is 2.61 bits per heavy atom. The summed E-state index contributed by atoms with van der Waals surface area (Å²) in [6.07, 6.45) is -0.0619. The second kappa shape index (κ2) is 4.08.